The van der Waals surface area contributed by atoms with Gasteiger partial charge in [-0.3, -0.25) is 4.79 Å². The molecule has 0 aromatic carbocycles. The van der Waals surface area contributed by atoms with E-state index in [9.17, 15) is 4.79 Å². The lowest BCUT2D eigenvalue weighted by atomic mass is 9.76. The molecule has 1 N–H and O–H groups in total. The van der Waals surface area contributed by atoms with Gasteiger partial charge in [0, 0.05) is 6.42 Å². The van der Waals surface area contributed by atoms with Gasteiger partial charge in [-0.05, 0) is 30.1 Å². The Bertz CT molecular complexity index is 222. The molecule has 2 nitrogen and oxygen atoms in total. The summed E-state index contributed by atoms with van der Waals surface area (Å²) in [5.41, 5.74) is 0.0395. The Hall–Kier alpha value is -0.790. The second kappa shape index (κ2) is 3.52. The molecular weight excluding hydrogens is 164 g/mol. The Kier molecular flexibility index (Phi) is 2.79. The van der Waals surface area contributed by atoms with Crippen LogP contribution in [-0.2, 0) is 4.79 Å². The van der Waals surface area contributed by atoms with Crippen LogP contribution in [0.2, 0.25) is 0 Å². The van der Waals surface area contributed by atoms with E-state index in [1.807, 2.05) is 6.08 Å². The monoisotopic (exact) mass is 182 g/mol. The maximum Gasteiger partial charge on any atom is 0.303 e. The predicted octanol–water partition coefficient (Wildman–Crippen LogP) is 2.70. The molecule has 0 amide bonds. The lowest BCUT2D eigenvalue weighted by Crippen LogP contribution is -2.24. The minimum Gasteiger partial charge on any atom is -0.481 e. The molecule has 13 heavy (non-hydrogen) atoms. The first-order valence-electron chi connectivity index (χ1n) is 4.85. The van der Waals surface area contributed by atoms with Crippen LogP contribution in [0, 0.1) is 17.3 Å². The Morgan fingerprint density at radius 1 is 1.77 bits per heavy atom. The van der Waals surface area contributed by atoms with Gasteiger partial charge in [-0.15, -0.1) is 6.58 Å². The third-order valence-electron chi connectivity index (χ3n) is 3.53. The van der Waals surface area contributed by atoms with E-state index < -0.39 is 5.97 Å². The number of carbonyl (C=O) groups is 1. The fraction of sp³-hybridized carbons (Fsp3) is 0.727. The summed E-state index contributed by atoms with van der Waals surface area (Å²) in [4.78, 5) is 10.7. The molecule has 0 saturated heterocycles. The Morgan fingerprint density at radius 3 is 2.85 bits per heavy atom. The normalized spacial score (nSPS) is 38.9. The summed E-state index contributed by atoms with van der Waals surface area (Å²) in [6.45, 7) is 8.08. The van der Waals surface area contributed by atoms with Gasteiger partial charge in [0.05, 0.1) is 0 Å². The van der Waals surface area contributed by atoms with Crippen LogP contribution in [-0.4, -0.2) is 11.1 Å². The van der Waals surface area contributed by atoms with Gasteiger partial charge in [0.25, 0.3) is 0 Å². The number of hydrogen-bond acceptors (Lipinski definition) is 1. The first-order chi connectivity index (χ1) is 5.99. The SMILES string of the molecule is C=C[C@]1(C)CCC(C)[C@H]1CC(=O)O. The van der Waals surface area contributed by atoms with Gasteiger partial charge in [-0.25, -0.2) is 0 Å². The summed E-state index contributed by atoms with van der Waals surface area (Å²) < 4.78 is 0. The van der Waals surface area contributed by atoms with Crippen LogP contribution in [0.4, 0.5) is 0 Å². The van der Waals surface area contributed by atoms with E-state index >= 15 is 0 Å². The van der Waals surface area contributed by atoms with Gasteiger partial charge in [0.1, 0.15) is 0 Å². The first-order valence-corrected chi connectivity index (χ1v) is 4.85. The molecule has 0 spiro atoms. The zero-order valence-corrected chi connectivity index (χ0v) is 8.42. The van der Waals surface area contributed by atoms with Crippen molar-refractivity contribution >= 4 is 5.97 Å². The highest BCUT2D eigenvalue weighted by Crippen LogP contribution is 2.48. The van der Waals surface area contributed by atoms with Crippen LogP contribution in [0.25, 0.3) is 0 Å². The average molecular weight is 182 g/mol. The number of aliphatic carboxylic acids is 1. The molecule has 0 aromatic heterocycles. The summed E-state index contributed by atoms with van der Waals surface area (Å²) in [6.07, 6.45) is 4.42. The van der Waals surface area contributed by atoms with Crippen molar-refractivity contribution in [3.8, 4) is 0 Å². The highest BCUT2D eigenvalue weighted by Gasteiger charge is 2.41. The fourth-order valence-electron chi connectivity index (χ4n) is 2.45. The van der Waals surface area contributed by atoms with Gasteiger partial charge in [0.2, 0.25) is 0 Å². The molecule has 0 heterocycles. The maximum absolute atomic E-state index is 10.7. The second-order valence-electron chi connectivity index (χ2n) is 4.43. The summed E-state index contributed by atoms with van der Waals surface area (Å²) in [5.74, 6) is 0.0911. The summed E-state index contributed by atoms with van der Waals surface area (Å²) in [5, 5.41) is 8.79. The summed E-state index contributed by atoms with van der Waals surface area (Å²) in [6, 6.07) is 0. The lowest BCUT2D eigenvalue weighted by Gasteiger charge is -2.28. The van der Waals surface area contributed by atoms with Crippen molar-refractivity contribution in [2.45, 2.75) is 33.1 Å². The Balaban J connectivity index is 2.76. The molecule has 0 bridgehead atoms. The molecule has 0 radical (unpaired) electrons. The molecule has 74 valence electrons. The largest absolute Gasteiger partial charge is 0.481 e. The van der Waals surface area contributed by atoms with E-state index in [4.69, 9.17) is 5.11 Å². The second-order valence-corrected chi connectivity index (χ2v) is 4.43. The van der Waals surface area contributed by atoms with Crippen molar-refractivity contribution in [3.63, 3.8) is 0 Å². The molecule has 1 rings (SSSR count). The smallest absolute Gasteiger partial charge is 0.303 e. The van der Waals surface area contributed by atoms with Crippen molar-refractivity contribution in [1.82, 2.24) is 0 Å². The van der Waals surface area contributed by atoms with Crippen LogP contribution < -0.4 is 0 Å². The third-order valence-corrected chi connectivity index (χ3v) is 3.53. The molecule has 2 heteroatoms. The van der Waals surface area contributed by atoms with Crippen LogP contribution in [0.15, 0.2) is 12.7 Å². The number of rotatable bonds is 3. The van der Waals surface area contributed by atoms with Crippen LogP contribution in [0.1, 0.15) is 33.1 Å². The number of carboxylic acid groups (broad SMARTS) is 1. The Labute approximate surface area is 79.6 Å². The van der Waals surface area contributed by atoms with Crippen molar-refractivity contribution in [1.29, 1.82) is 0 Å². The standard InChI is InChI=1S/C11H18O2/c1-4-11(3)6-5-8(2)9(11)7-10(12)13/h4,8-9H,1,5-7H2,2-3H3,(H,12,13)/t8?,9-,11-/m1/s1. The molecule has 0 aromatic rings. The lowest BCUT2D eigenvalue weighted by molar-refractivity contribution is -0.139. The molecule has 1 aliphatic rings. The van der Waals surface area contributed by atoms with E-state index in [1.54, 1.807) is 0 Å². The molecule has 1 fully saturated rings. The third kappa shape index (κ3) is 1.93. The minimum absolute atomic E-state index is 0.0395. The molecule has 1 unspecified atom stereocenters. The van der Waals surface area contributed by atoms with Crippen molar-refractivity contribution in [2.24, 2.45) is 17.3 Å². The predicted molar refractivity (Wildman–Crippen MR) is 52.4 cm³/mol. The van der Waals surface area contributed by atoms with Gasteiger partial charge >= 0.3 is 5.97 Å². The van der Waals surface area contributed by atoms with Crippen LogP contribution in [0.3, 0.4) is 0 Å². The molecule has 0 aliphatic heterocycles. The van der Waals surface area contributed by atoms with E-state index in [2.05, 4.69) is 20.4 Å². The number of allylic oxidation sites excluding steroid dienone is 1. The van der Waals surface area contributed by atoms with E-state index in [0.717, 1.165) is 12.8 Å². The maximum atomic E-state index is 10.7. The van der Waals surface area contributed by atoms with Crippen molar-refractivity contribution < 1.29 is 9.90 Å². The van der Waals surface area contributed by atoms with Gasteiger partial charge in [-0.2, -0.15) is 0 Å². The topological polar surface area (TPSA) is 37.3 Å². The summed E-state index contributed by atoms with van der Waals surface area (Å²) in [7, 11) is 0. The van der Waals surface area contributed by atoms with Crippen LogP contribution in [0.5, 0.6) is 0 Å². The Morgan fingerprint density at radius 2 is 2.38 bits per heavy atom. The van der Waals surface area contributed by atoms with Crippen molar-refractivity contribution in [2.75, 3.05) is 0 Å². The highest BCUT2D eigenvalue weighted by atomic mass is 16.4. The van der Waals surface area contributed by atoms with Crippen molar-refractivity contribution in [3.05, 3.63) is 12.7 Å². The average Bonchev–Trinajstić information content (AvgIpc) is 2.33. The molecular formula is C11H18O2. The minimum atomic E-state index is -0.688. The van der Waals surface area contributed by atoms with Gasteiger partial charge in [0.15, 0.2) is 0 Å². The van der Waals surface area contributed by atoms with Gasteiger partial charge < -0.3 is 5.11 Å². The zero-order valence-electron chi connectivity index (χ0n) is 8.42. The quantitative estimate of drug-likeness (QED) is 0.681. The highest BCUT2D eigenvalue weighted by molar-refractivity contribution is 5.67. The van der Waals surface area contributed by atoms with E-state index in [-0.39, 0.29) is 17.8 Å². The summed E-state index contributed by atoms with van der Waals surface area (Å²) >= 11 is 0. The fourth-order valence-corrected chi connectivity index (χ4v) is 2.45. The van der Waals surface area contributed by atoms with E-state index in [1.165, 1.54) is 0 Å². The number of hydrogen-bond donors (Lipinski definition) is 1. The van der Waals surface area contributed by atoms with E-state index in [0.29, 0.717) is 5.92 Å². The first kappa shape index (κ1) is 10.3. The van der Waals surface area contributed by atoms with Crippen LogP contribution >= 0.6 is 0 Å². The molecule has 1 saturated carbocycles. The molecule has 1 aliphatic carbocycles. The zero-order chi connectivity index (χ0) is 10.1. The molecule has 3 atom stereocenters. The number of carboxylic acids is 1. The van der Waals surface area contributed by atoms with Gasteiger partial charge in [-0.1, -0.05) is 19.9 Å².